The van der Waals surface area contributed by atoms with E-state index in [1.807, 2.05) is 6.07 Å². The first kappa shape index (κ1) is 29.9. The second-order valence-corrected chi connectivity index (χ2v) is 11.2. The number of nitrogens with one attached hydrogen (secondary N) is 1. The van der Waals surface area contributed by atoms with E-state index in [1.54, 1.807) is 61.2 Å². The Hall–Kier alpha value is -5.10. The molecule has 2 aliphatic heterocycles. The second-order valence-electron chi connectivity index (χ2n) is 11.2. The molecule has 0 aliphatic carbocycles. The third-order valence-corrected chi connectivity index (χ3v) is 7.87. The Morgan fingerprint density at radius 3 is 2.47 bits per heavy atom. The van der Waals surface area contributed by atoms with Crippen LogP contribution in [0, 0.1) is 11.6 Å². The first-order chi connectivity index (χ1) is 21.6. The fraction of sp³-hybridized carbons (Fsp3) is 0.273. The molecule has 0 bridgehead atoms. The largest absolute Gasteiger partial charge is 0.497 e. The van der Waals surface area contributed by atoms with Crippen LogP contribution in [-0.4, -0.2) is 59.7 Å². The molecule has 6 rings (SSSR count). The van der Waals surface area contributed by atoms with Gasteiger partial charge in [0.2, 0.25) is 0 Å². The maximum atomic E-state index is 14.9. The number of benzene rings is 2. The average Bonchev–Trinajstić information content (AvgIpc) is 3.33. The summed E-state index contributed by atoms with van der Waals surface area (Å²) in [6.45, 7) is 4.50. The van der Waals surface area contributed by atoms with Gasteiger partial charge in [0.15, 0.2) is 0 Å². The number of fused-ring (bicyclic) bond motifs is 1. The first-order valence-corrected chi connectivity index (χ1v) is 14.3. The van der Waals surface area contributed by atoms with Gasteiger partial charge in [-0.25, -0.2) is 18.7 Å². The van der Waals surface area contributed by atoms with Gasteiger partial charge in [-0.3, -0.25) is 9.59 Å². The molecule has 4 heterocycles. The molecule has 0 radical (unpaired) electrons. The van der Waals surface area contributed by atoms with Crippen LogP contribution < -0.4 is 19.7 Å². The number of rotatable bonds is 8. The molecule has 4 aromatic rings. The highest BCUT2D eigenvalue weighted by atomic mass is 19.1. The number of nitrogens with zero attached hydrogens (tertiary/aromatic N) is 4. The van der Waals surface area contributed by atoms with Crippen LogP contribution in [0.15, 0.2) is 60.8 Å². The third-order valence-electron chi connectivity index (χ3n) is 7.87. The number of amides is 2. The highest BCUT2D eigenvalue weighted by Gasteiger charge is 2.38. The molecule has 45 heavy (non-hydrogen) atoms. The van der Waals surface area contributed by atoms with Gasteiger partial charge in [0, 0.05) is 18.2 Å². The quantitative estimate of drug-likeness (QED) is 0.278. The highest BCUT2D eigenvalue weighted by Crippen LogP contribution is 2.37. The monoisotopic (exact) mass is 615 g/mol. The van der Waals surface area contributed by atoms with Gasteiger partial charge in [-0.2, -0.15) is 0 Å². The van der Waals surface area contributed by atoms with Crippen LogP contribution in [0.2, 0.25) is 0 Å². The lowest BCUT2D eigenvalue weighted by molar-refractivity contribution is -0.144. The lowest BCUT2D eigenvalue weighted by atomic mass is 10.1. The van der Waals surface area contributed by atoms with Crippen LogP contribution in [0.25, 0.3) is 11.3 Å². The standard InChI is InChI=1S/C33H31F2N5O5/c1-33(2)32(42)40(12-13-45-33)20-9-11-28(36-16-20)38-25-15-24(29-22(34)6-5-7-23(29)35)37-26-18-39(31(41)30(25)26)17-19-8-10-21(43-3)14-27(19)44-4/h5-11,14-16H,12-13,17-18H2,1-4H3,(H,36,37,38). The molecular formula is C33H31F2N5O5. The van der Waals surface area contributed by atoms with Crippen molar-refractivity contribution in [2.45, 2.75) is 32.5 Å². The predicted molar refractivity (Wildman–Crippen MR) is 163 cm³/mol. The summed E-state index contributed by atoms with van der Waals surface area (Å²) >= 11 is 0. The molecule has 0 atom stereocenters. The summed E-state index contributed by atoms with van der Waals surface area (Å²) in [5.74, 6) is -0.553. The fourth-order valence-electron chi connectivity index (χ4n) is 5.53. The molecule has 0 saturated carbocycles. The molecule has 2 amide bonds. The van der Waals surface area contributed by atoms with Crippen LogP contribution >= 0.6 is 0 Å². The van der Waals surface area contributed by atoms with E-state index in [1.165, 1.54) is 19.2 Å². The van der Waals surface area contributed by atoms with Crippen LogP contribution in [-0.2, 0) is 22.6 Å². The van der Waals surface area contributed by atoms with E-state index < -0.39 is 17.2 Å². The maximum Gasteiger partial charge on any atom is 0.258 e. The van der Waals surface area contributed by atoms with Gasteiger partial charge in [-0.15, -0.1) is 0 Å². The Balaban J connectivity index is 1.35. The number of halogens is 2. The van der Waals surface area contributed by atoms with E-state index in [2.05, 4.69) is 15.3 Å². The van der Waals surface area contributed by atoms with Crippen molar-refractivity contribution in [3.05, 3.63) is 89.2 Å². The van der Waals surface area contributed by atoms with E-state index in [9.17, 15) is 18.4 Å². The molecule has 1 fully saturated rings. The van der Waals surface area contributed by atoms with Gasteiger partial charge >= 0.3 is 0 Å². The summed E-state index contributed by atoms with van der Waals surface area (Å²) in [5, 5.41) is 3.15. The Morgan fingerprint density at radius 1 is 1.00 bits per heavy atom. The Bertz CT molecular complexity index is 1780. The number of aromatic nitrogens is 2. The molecule has 232 valence electrons. The van der Waals surface area contributed by atoms with Crippen molar-refractivity contribution in [1.29, 1.82) is 0 Å². The lowest BCUT2D eigenvalue weighted by Crippen LogP contribution is -2.53. The number of hydrogen-bond donors (Lipinski definition) is 1. The minimum atomic E-state index is -0.951. The first-order valence-electron chi connectivity index (χ1n) is 14.3. The van der Waals surface area contributed by atoms with Crippen molar-refractivity contribution in [1.82, 2.24) is 14.9 Å². The molecule has 1 N–H and O–H groups in total. The van der Waals surface area contributed by atoms with Crippen LogP contribution in [0.3, 0.4) is 0 Å². The van der Waals surface area contributed by atoms with Crippen molar-refractivity contribution in [3.8, 4) is 22.8 Å². The zero-order valence-corrected chi connectivity index (χ0v) is 25.2. The van der Waals surface area contributed by atoms with Crippen molar-refractivity contribution in [3.63, 3.8) is 0 Å². The summed E-state index contributed by atoms with van der Waals surface area (Å²) in [6.07, 6.45) is 1.55. The Morgan fingerprint density at radius 2 is 1.78 bits per heavy atom. The number of anilines is 3. The molecule has 12 heteroatoms. The summed E-state index contributed by atoms with van der Waals surface area (Å²) in [5.41, 5.74) is 1.01. The topological polar surface area (TPSA) is 106 Å². The molecule has 1 saturated heterocycles. The summed E-state index contributed by atoms with van der Waals surface area (Å²) < 4.78 is 46.2. The predicted octanol–water partition coefficient (Wildman–Crippen LogP) is 5.48. The minimum absolute atomic E-state index is 0.0290. The molecule has 10 nitrogen and oxygen atoms in total. The molecular weight excluding hydrogens is 584 g/mol. The number of pyridine rings is 2. The van der Waals surface area contributed by atoms with Crippen molar-refractivity contribution >= 4 is 29.0 Å². The Kier molecular flexibility index (Phi) is 7.83. The summed E-state index contributed by atoms with van der Waals surface area (Å²) in [7, 11) is 3.09. The minimum Gasteiger partial charge on any atom is -0.497 e. The molecule has 0 spiro atoms. The molecule has 2 aliphatic rings. The van der Waals surface area contributed by atoms with Gasteiger partial charge in [-0.1, -0.05) is 6.07 Å². The van der Waals surface area contributed by atoms with Gasteiger partial charge in [0.25, 0.3) is 11.8 Å². The number of morpholine rings is 1. The number of ether oxygens (including phenoxy) is 3. The van der Waals surface area contributed by atoms with Gasteiger partial charge in [0.1, 0.15) is 34.6 Å². The average molecular weight is 616 g/mol. The van der Waals surface area contributed by atoms with Crippen LogP contribution in [0.4, 0.5) is 26.0 Å². The van der Waals surface area contributed by atoms with Crippen molar-refractivity contribution in [2.24, 2.45) is 0 Å². The van der Waals surface area contributed by atoms with Crippen LogP contribution in [0.5, 0.6) is 11.5 Å². The Labute approximate surface area is 258 Å². The highest BCUT2D eigenvalue weighted by molar-refractivity contribution is 6.04. The smallest absolute Gasteiger partial charge is 0.258 e. The zero-order valence-electron chi connectivity index (χ0n) is 25.2. The van der Waals surface area contributed by atoms with Gasteiger partial charge < -0.3 is 29.3 Å². The van der Waals surface area contributed by atoms with Crippen molar-refractivity contribution in [2.75, 3.05) is 37.6 Å². The second kappa shape index (κ2) is 11.8. The number of methoxy groups -OCH3 is 2. The van der Waals surface area contributed by atoms with Crippen LogP contribution in [0.1, 0.15) is 35.5 Å². The fourth-order valence-corrected chi connectivity index (χ4v) is 5.53. The van der Waals surface area contributed by atoms with E-state index in [0.29, 0.717) is 41.8 Å². The normalized spacial score (nSPS) is 15.7. The lowest BCUT2D eigenvalue weighted by Gasteiger charge is -2.37. The molecule has 2 aromatic carbocycles. The molecule has 0 unspecified atom stereocenters. The van der Waals surface area contributed by atoms with Crippen molar-refractivity contribution < 1.29 is 32.6 Å². The van der Waals surface area contributed by atoms with E-state index >= 15 is 0 Å². The van der Waals surface area contributed by atoms with E-state index in [-0.39, 0.29) is 47.4 Å². The summed E-state index contributed by atoms with van der Waals surface area (Å²) in [4.78, 5) is 38.9. The van der Waals surface area contributed by atoms with E-state index in [4.69, 9.17) is 14.2 Å². The third kappa shape index (κ3) is 5.64. The zero-order chi connectivity index (χ0) is 31.9. The van der Waals surface area contributed by atoms with Gasteiger partial charge in [0.05, 0.1) is 74.0 Å². The summed E-state index contributed by atoms with van der Waals surface area (Å²) in [6, 6.07) is 13.7. The number of hydrogen-bond acceptors (Lipinski definition) is 8. The van der Waals surface area contributed by atoms with E-state index in [0.717, 1.165) is 17.7 Å². The number of carbonyl (C=O) groups excluding carboxylic acids is 2. The SMILES string of the molecule is COc1ccc(CN2Cc3nc(-c4c(F)cccc4F)cc(Nc4ccc(N5CCOC(C)(C)C5=O)cn4)c3C2=O)c(OC)c1. The van der Waals surface area contributed by atoms with Gasteiger partial charge in [-0.05, 0) is 56.3 Å². The number of carbonyl (C=O) groups is 2. The molecule has 2 aromatic heterocycles. The maximum absolute atomic E-state index is 14.9.